The van der Waals surface area contributed by atoms with E-state index in [0.29, 0.717) is 17.1 Å². The summed E-state index contributed by atoms with van der Waals surface area (Å²) in [4.78, 5) is 0. The van der Waals surface area contributed by atoms with Gasteiger partial charge in [0.1, 0.15) is 0 Å². The van der Waals surface area contributed by atoms with Gasteiger partial charge in [-0.25, -0.2) is 8.78 Å². The number of benzene rings is 1. The molecule has 2 N–H and O–H groups in total. The monoisotopic (exact) mass is 255 g/mol. The maximum atomic E-state index is 13.2. The molecule has 1 unspecified atom stereocenters. The first-order chi connectivity index (χ1) is 8.54. The molecule has 1 aromatic rings. The van der Waals surface area contributed by atoms with E-state index < -0.39 is 6.43 Å². The van der Waals surface area contributed by atoms with Crippen molar-refractivity contribution < 1.29 is 18.3 Å². The second-order valence-corrected chi connectivity index (χ2v) is 5.04. The molecule has 1 saturated carbocycles. The zero-order valence-electron chi connectivity index (χ0n) is 10.1. The van der Waals surface area contributed by atoms with E-state index in [9.17, 15) is 8.78 Å². The van der Waals surface area contributed by atoms with E-state index >= 15 is 0 Å². The Kier molecular flexibility index (Phi) is 2.48. The average Bonchev–Trinajstić information content (AvgIpc) is 3.01. The van der Waals surface area contributed by atoms with Crippen LogP contribution in [0.3, 0.4) is 0 Å². The summed E-state index contributed by atoms with van der Waals surface area (Å²) in [6, 6.07) is 2.93. The molecule has 1 aromatic carbocycles. The van der Waals surface area contributed by atoms with E-state index in [1.165, 1.54) is 6.07 Å². The van der Waals surface area contributed by atoms with Gasteiger partial charge in [-0.1, -0.05) is 0 Å². The third-order valence-corrected chi connectivity index (χ3v) is 3.98. The molecule has 5 heteroatoms. The first-order valence-electron chi connectivity index (χ1n) is 6.02. The number of nitrogens with two attached hydrogens (primary N) is 1. The third kappa shape index (κ3) is 1.57. The minimum atomic E-state index is -2.52. The molecule has 3 rings (SSSR count). The fraction of sp³-hybridized carbons (Fsp3) is 0.538. The largest absolute Gasteiger partial charge is 0.454 e. The molecule has 0 saturated heterocycles. The maximum absolute atomic E-state index is 13.2. The summed E-state index contributed by atoms with van der Waals surface area (Å²) in [5, 5.41) is 0. The number of fused-ring (bicyclic) bond motifs is 1. The molecule has 0 spiro atoms. The maximum Gasteiger partial charge on any atom is 0.264 e. The van der Waals surface area contributed by atoms with Gasteiger partial charge in [-0.05, 0) is 37.5 Å². The van der Waals surface area contributed by atoms with Gasteiger partial charge in [-0.2, -0.15) is 0 Å². The fourth-order valence-electron chi connectivity index (χ4n) is 2.67. The summed E-state index contributed by atoms with van der Waals surface area (Å²) in [5.41, 5.74) is 6.29. The summed E-state index contributed by atoms with van der Waals surface area (Å²) >= 11 is 0. The van der Waals surface area contributed by atoms with Crippen LogP contribution < -0.4 is 15.2 Å². The predicted molar refractivity (Wildman–Crippen MR) is 62.1 cm³/mol. The molecule has 2 aliphatic rings. The van der Waals surface area contributed by atoms with Crippen LogP contribution in [0.5, 0.6) is 11.5 Å². The van der Waals surface area contributed by atoms with Crippen molar-refractivity contribution >= 4 is 0 Å². The summed E-state index contributed by atoms with van der Waals surface area (Å²) < 4.78 is 36.8. The molecular weight excluding hydrogens is 240 g/mol. The van der Waals surface area contributed by atoms with Gasteiger partial charge in [-0.3, -0.25) is 0 Å². The molecule has 98 valence electrons. The third-order valence-electron chi connectivity index (χ3n) is 3.98. The lowest BCUT2D eigenvalue weighted by Crippen LogP contribution is -2.32. The zero-order valence-corrected chi connectivity index (χ0v) is 10.1. The number of hydrogen-bond acceptors (Lipinski definition) is 3. The molecule has 18 heavy (non-hydrogen) atoms. The lowest BCUT2D eigenvalue weighted by Gasteiger charge is -2.23. The highest BCUT2D eigenvalue weighted by Crippen LogP contribution is 2.54. The molecule has 1 fully saturated rings. The summed E-state index contributed by atoms with van der Waals surface area (Å²) in [7, 11) is 0. The van der Waals surface area contributed by atoms with Gasteiger partial charge in [0, 0.05) is 17.0 Å². The Balaban J connectivity index is 2.13. The molecule has 0 bridgehead atoms. The summed E-state index contributed by atoms with van der Waals surface area (Å²) in [6.45, 7) is 1.96. The van der Waals surface area contributed by atoms with Crippen molar-refractivity contribution in [3.63, 3.8) is 0 Å². The molecule has 3 nitrogen and oxygen atoms in total. The Hall–Kier alpha value is -1.36. The van der Waals surface area contributed by atoms with Crippen LogP contribution in [0.2, 0.25) is 0 Å². The topological polar surface area (TPSA) is 44.5 Å². The molecule has 1 atom stereocenters. The van der Waals surface area contributed by atoms with E-state index in [2.05, 4.69) is 0 Å². The van der Waals surface area contributed by atoms with E-state index in [0.717, 1.165) is 12.8 Å². The number of rotatable bonds is 3. The van der Waals surface area contributed by atoms with Gasteiger partial charge >= 0.3 is 0 Å². The molecule has 1 heterocycles. The average molecular weight is 255 g/mol. The quantitative estimate of drug-likeness (QED) is 0.903. The van der Waals surface area contributed by atoms with Crippen LogP contribution in [0.4, 0.5) is 8.78 Å². The molecule has 0 aromatic heterocycles. The van der Waals surface area contributed by atoms with Crippen LogP contribution in [0.25, 0.3) is 0 Å². The van der Waals surface area contributed by atoms with E-state index in [1.54, 1.807) is 6.07 Å². The van der Waals surface area contributed by atoms with Gasteiger partial charge < -0.3 is 15.2 Å². The van der Waals surface area contributed by atoms with Crippen LogP contribution in [0.15, 0.2) is 12.1 Å². The Morgan fingerprint density at radius 3 is 2.33 bits per heavy atom. The Morgan fingerprint density at radius 1 is 1.22 bits per heavy atom. The minimum Gasteiger partial charge on any atom is -0.454 e. The lowest BCUT2D eigenvalue weighted by atomic mass is 9.86. The van der Waals surface area contributed by atoms with Crippen LogP contribution in [0.1, 0.15) is 37.3 Å². The van der Waals surface area contributed by atoms with E-state index in [4.69, 9.17) is 15.2 Å². The highest BCUT2D eigenvalue weighted by atomic mass is 19.3. The Labute approximate surface area is 104 Å². The standard InChI is InChI=1S/C13H15F2NO2/c1-7(16)13(2-3-13)9-5-11-10(17-6-18-11)4-8(9)12(14)15/h4-5,7,12H,2-3,6,16H2,1H3. The van der Waals surface area contributed by atoms with Crippen molar-refractivity contribution in [1.82, 2.24) is 0 Å². The van der Waals surface area contributed by atoms with Crippen molar-refractivity contribution in [2.45, 2.75) is 37.6 Å². The molecule has 0 radical (unpaired) electrons. The SMILES string of the molecule is CC(N)C1(c2cc3c(cc2C(F)F)OCO3)CC1. The highest BCUT2D eigenvalue weighted by molar-refractivity contribution is 5.53. The summed E-state index contributed by atoms with van der Waals surface area (Å²) in [6.07, 6.45) is -0.820. The van der Waals surface area contributed by atoms with Crippen molar-refractivity contribution in [2.75, 3.05) is 6.79 Å². The van der Waals surface area contributed by atoms with E-state index in [1.807, 2.05) is 6.92 Å². The van der Waals surface area contributed by atoms with Gasteiger partial charge in [0.05, 0.1) is 0 Å². The second kappa shape index (κ2) is 3.82. The van der Waals surface area contributed by atoms with Crippen LogP contribution in [-0.2, 0) is 5.41 Å². The first-order valence-corrected chi connectivity index (χ1v) is 6.02. The van der Waals surface area contributed by atoms with Gasteiger partial charge in [0.15, 0.2) is 11.5 Å². The lowest BCUT2D eigenvalue weighted by molar-refractivity contribution is 0.148. The Bertz CT molecular complexity index is 484. The number of ether oxygens (including phenoxy) is 2. The molecular formula is C13H15F2NO2. The van der Waals surface area contributed by atoms with Crippen molar-refractivity contribution in [3.05, 3.63) is 23.3 Å². The van der Waals surface area contributed by atoms with Crippen LogP contribution >= 0.6 is 0 Å². The van der Waals surface area contributed by atoms with Crippen LogP contribution in [0, 0.1) is 0 Å². The fourth-order valence-corrected chi connectivity index (χ4v) is 2.67. The minimum absolute atomic E-state index is 0.0223. The van der Waals surface area contributed by atoms with Crippen LogP contribution in [-0.4, -0.2) is 12.8 Å². The molecule has 1 aliphatic heterocycles. The summed E-state index contributed by atoms with van der Waals surface area (Å²) in [5.74, 6) is 0.941. The highest BCUT2D eigenvalue weighted by Gasteiger charge is 2.50. The van der Waals surface area contributed by atoms with Crippen molar-refractivity contribution in [1.29, 1.82) is 0 Å². The van der Waals surface area contributed by atoms with Crippen molar-refractivity contribution in [3.8, 4) is 11.5 Å². The first kappa shape index (κ1) is 11.7. The number of alkyl halides is 2. The normalized spacial score (nSPS) is 21.2. The Morgan fingerprint density at radius 2 is 1.83 bits per heavy atom. The number of halogens is 2. The van der Waals surface area contributed by atoms with Gasteiger partial charge in [0.25, 0.3) is 6.43 Å². The van der Waals surface area contributed by atoms with Gasteiger partial charge in [-0.15, -0.1) is 0 Å². The molecule has 1 aliphatic carbocycles. The smallest absolute Gasteiger partial charge is 0.264 e. The predicted octanol–water partition coefficient (Wildman–Crippen LogP) is 2.73. The molecule has 0 amide bonds. The second-order valence-electron chi connectivity index (χ2n) is 5.04. The van der Waals surface area contributed by atoms with E-state index in [-0.39, 0.29) is 23.8 Å². The van der Waals surface area contributed by atoms with Crippen molar-refractivity contribution in [2.24, 2.45) is 5.73 Å². The van der Waals surface area contributed by atoms with Gasteiger partial charge in [0.2, 0.25) is 6.79 Å². The zero-order chi connectivity index (χ0) is 12.9. The number of hydrogen-bond donors (Lipinski definition) is 1.